The maximum atomic E-state index is 5.52. The van der Waals surface area contributed by atoms with Crippen molar-refractivity contribution in [1.82, 2.24) is 10.3 Å². The molecule has 0 aromatic rings. The molecule has 7 nitrogen and oxygen atoms in total. The summed E-state index contributed by atoms with van der Waals surface area (Å²) in [7, 11) is 4.97. The van der Waals surface area contributed by atoms with Gasteiger partial charge in [-0.05, 0) is 6.92 Å². The van der Waals surface area contributed by atoms with Gasteiger partial charge in [0.25, 0.3) is 0 Å². The second-order valence-electron chi connectivity index (χ2n) is 3.87. The zero-order valence-corrected chi connectivity index (χ0v) is 11.8. The Bertz CT molecular complexity index is 218. The van der Waals surface area contributed by atoms with Crippen LogP contribution in [-0.4, -0.2) is 71.1 Å². The van der Waals surface area contributed by atoms with Crippen LogP contribution in [-0.2, 0) is 14.2 Å². The van der Waals surface area contributed by atoms with E-state index >= 15 is 0 Å². The van der Waals surface area contributed by atoms with Gasteiger partial charge in [0, 0.05) is 34.4 Å². The number of hydrogen-bond donors (Lipinski definition) is 2. The number of nitrogens with one attached hydrogen (secondary N) is 1. The maximum Gasteiger partial charge on any atom is 0.208 e. The van der Waals surface area contributed by atoms with Gasteiger partial charge >= 0.3 is 0 Å². The quantitative estimate of drug-likeness (QED) is 0.251. The molecule has 7 heteroatoms. The Balaban J connectivity index is 4.55. The van der Waals surface area contributed by atoms with Crippen molar-refractivity contribution in [3.63, 3.8) is 0 Å². The largest absolute Gasteiger partial charge is 0.383 e. The summed E-state index contributed by atoms with van der Waals surface area (Å²) in [6.45, 7) is 5.11. The number of aliphatic imine (C=N–C) groups is 1. The molecular weight excluding hydrogens is 236 g/mol. The van der Waals surface area contributed by atoms with Crippen molar-refractivity contribution in [2.24, 2.45) is 10.8 Å². The van der Waals surface area contributed by atoms with Crippen molar-refractivity contribution in [3.05, 3.63) is 0 Å². The minimum absolute atomic E-state index is 0.0358. The second-order valence-corrected chi connectivity index (χ2v) is 3.87. The number of methoxy groups -OCH3 is 3. The Morgan fingerprint density at radius 1 is 1.17 bits per heavy atom. The van der Waals surface area contributed by atoms with Gasteiger partial charge < -0.3 is 19.1 Å². The molecule has 108 valence electrons. The van der Waals surface area contributed by atoms with Crippen molar-refractivity contribution in [2.45, 2.75) is 13.0 Å². The molecule has 1 atom stereocenters. The molecule has 0 saturated heterocycles. The van der Waals surface area contributed by atoms with Gasteiger partial charge in [0.1, 0.15) is 0 Å². The van der Waals surface area contributed by atoms with E-state index in [4.69, 9.17) is 20.1 Å². The fourth-order valence-electron chi connectivity index (χ4n) is 1.42. The molecule has 0 aliphatic carbocycles. The molecule has 1 unspecified atom stereocenters. The van der Waals surface area contributed by atoms with Gasteiger partial charge in [0.05, 0.1) is 25.9 Å². The molecule has 18 heavy (non-hydrogen) atoms. The number of hydrazine groups is 1. The fraction of sp³-hybridized carbons (Fsp3) is 0.909. The highest BCUT2D eigenvalue weighted by molar-refractivity contribution is 5.79. The van der Waals surface area contributed by atoms with E-state index in [1.165, 1.54) is 0 Å². The van der Waals surface area contributed by atoms with Crippen molar-refractivity contribution in [3.8, 4) is 0 Å². The number of nitrogens with two attached hydrogens (primary N) is 1. The molecule has 3 N–H and O–H groups in total. The van der Waals surface area contributed by atoms with E-state index in [1.54, 1.807) is 21.3 Å². The minimum atomic E-state index is 0.0358. The lowest BCUT2D eigenvalue weighted by molar-refractivity contribution is 0.143. The number of nitrogens with zero attached hydrogens (tertiary/aromatic N) is 2. The molecule has 0 amide bonds. The Morgan fingerprint density at radius 2 is 1.72 bits per heavy atom. The Morgan fingerprint density at radius 3 is 2.11 bits per heavy atom. The van der Waals surface area contributed by atoms with Crippen LogP contribution in [0.15, 0.2) is 4.99 Å². The van der Waals surface area contributed by atoms with Crippen molar-refractivity contribution >= 4 is 5.96 Å². The molecule has 0 radical (unpaired) electrons. The summed E-state index contributed by atoms with van der Waals surface area (Å²) in [6.07, 6.45) is 0. The Hall–Kier alpha value is -0.890. The monoisotopic (exact) mass is 262 g/mol. The van der Waals surface area contributed by atoms with E-state index in [0.29, 0.717) is 38.9 Å². The maximum absolute atomic E-state index is 5.52. The second kappa shape index (κ2) is 11.2. The van der Waals surface area contributed by atoms with Crippen LogP contribution in [0.25, 0.3) is 0 Å². The van der Waals surface area contributed by atoms with E-state index in [9.17, 15) is 0 Å². The van der Waals surface area contributed by atoms with Gasteiger partial charge in [-0.25, -0.2) is 10.8 Å². The lowest BCUT2D eigenvalue weighted by atomic mass is 10.4. The molecular formula is C11H26N4O3. The van der Waals surface area contributed by atoms with Crippen LogP contribution in [0.4, 0.5) is 0 Å². The molecule has 0 rings (SSSR count). The first-order chi connectivity index (χ1) is 8.69. The summed E-state index contributed by atoms with van der Waals surface area (Å²) in [4.78, 5) is 6.45. The van der Waals surface area contributed by atoms with Crippen LogP contribution in [0, 0.1) is 0 Å². The molecule has 0 aromatic carbocycles. The highest BCUT2D eigenvalue weighted by atomic mass is 16.5. The smallest absolute Gasteiger partial charge is 0.208 e. The lowest BCUT2D eigenvalue weighted by Gasteiger charge is -2.25. The van der Waals surface area contributed by atoms with E-state index in [2.05, 4.69) is 10.4 Å². The summed E-state index contributed by atoms with van der Waals surface area (Å²) in [5, 5.41) is 0. The summed E-state index contributed by atoms with van der Waals surface area (Å²) in [6, 6.07) is 0.0358. The average molecular weight is 262 g/mol. The van der Waals surface area contributed by atoms with Gasteiger partial charge in [-0.3, -0.25) is 5.43 Å². The van der Waals surface area contributed by atoms with Gasteiger partial charge in [0.2, 0.25) is 5.96 Å². The predicted molar refractivity (Wildman–Crippen MR) is 71.4 cm³/mol. The molecule has 0 saturated carbocycles. The van der Waals surface area contributed by atoms with Crippen LogP contribution in [0.3, 0.4) is 0 Å². The van der Waals surface area contributed by atoms with Crippen molar-refractivity contribution in [2.75, 3.05) is 54.2 Å². The van der Waals surface area contributed by atoms with Crippen LogP contribution in [0.5, 0.6) is 0 Å². The summed E-state index contributed by atoms with van der Waals surface area (Å²) in [5.74, 6) is 6.14. The number of ether oxygens (including phenoxy) is 3. The van der Waals surface area contributed by atoms with Gasteiger partial charge in [0.15, 0.2) is 0 Å². The highest BCUT2D eigenvalue weighted by Crippen LogP contribution is 1.96. The summed E-state index contributed by atoms with van der Waals surface area (Å²) in [5.41, 5.74) is 2.62. The molecule has 0 aliphatic heterocycles. The predicted octanol–water partition coefficient (Wildman–Crippen LogP) is -0.565. The molecule has 0 fully saturated rings. The minimum Gasteiger partial charge on any atom is -0.383 e. The third-order valence-corrected chi connectivity index (χ3v) is 2.31. The average Bonchev–Trinajstić information content (AvgIpc) is 2.37. The number of rotatable bonds is 9. The van der Waals surface area contributed by atoms with Crippen molar-refractivity contribution in [1.29, 1.82) is 0 Å². The van der Waals surface area contributed by atoms with Crippen LogP contribution < -0.4 is 11.3 Å². The van der Waals surface area contributed by atoms with Crippen LogP contribution in [0.2, 0.25) is 0 Å². The normalized spacial score (nSPS) is 13.5. The van der Waals surface area contributed by atoms with Crippen molar-refractivity contribution < 1.29 is 14.2 Å². The molecule has 0 bridgehead atoms. The SMILES string of the molecule is COCCN(CCOC)C(=NC(C)COC)NN. The van der Waals surface area contributed by atoms with Gasteiger partial charge in [-0.15, -0.1) is 0 Å². The van der Waals surface area contributed by atoms with E-state index in [0.717, 1.165) is 0 Å². The molecule has 0 aliphatic rings. The Kier molecular flexibility index (Phi) is 10.7. The third kappa shape index (κ3) is 7.44. The molecule has 0 spiro atoms. The fourth-order valence-corrected chi connectivity index (χ4v) is 1.42. The van der Waals surface area contributed by atoms with Crippen LogP contribution in [0.1, 0.15) is 6.92 Å². The van der Waals surface area contributed by atoms with E-state index < -0.39 is 0 Å². The third-order valence-electron chi connectivity index (χ3n) is 2.31. The van der Waals surface area contributed by atoms with Gasteiger partial charge in [-0.1, -0.05) is 0 Å². The van der Waals surface area contributed by atoms with Crippen LogP contribution >= 0.6 is 0 Å². The first-order valence-corrected chi connectivity index (χ1v) is 5.95. The first-order valence-electron chi connectivity index (χ1n) is 5.95. The van der Waals surface area contributed by atoms with Gasteiger partial charge in [-0.2, -0.15) is 0 Å². The zero-order chi connectivity index (χ0) is 13.8. The Labute approximate surface area is 109 Å². The zero-order valence-electron chi connectivity index (χ0n) is 11.8. The number of hydrogen-bond acceptors (Lipinski definition) is 5. The standard InChI is InChI=1S/C11H26N4O3/c1-10(9-18-4)13-11(14-12)15(5-7-16-2)6-8-17-3/h10H,5-9,12H2,1-4H3,(H,13,14). The summed E-state index contributed by atoms with van der Waals surface area (Å²) < 4.78 is 15.2. The van der Waals surface area contributed by atoms with E-state index in [1.807, 2.05) is 11.8 Å². The molecule has 0 heterocycles. The highest BCUT2D eigenvalue weighted by Gasteiger charge is 2.11. The topological polar surface area (TPSA) is 81.3 Å². The lowest BCUT2D eigenvalue weighted by Crippen LogP contribution is -2.48. The molecule has 0 aromatic heterocycles. The number of guanidine groups is 1. The van der Waals surface area contributed by atoms with E-state index in [-0.39, 0.29) is 6.04 Å². The summed E-state index contributed by atoms with van der Waals surface area (Å²) >= 11 is 0. The first kappa shape index (κ1) is 17.1.